The Balaban J connectivity index is 2.81. The predicted octanol–water partition coefficient (Wildman–Crippen LogP) is 1.84. The molecule has 2 atom stereocenters. The highest BCUT2D eigenvalue weighted by molar-refractivity contribution is 5.95. The molecule has 0 radical (unpaired) electrons. The van der Waals surface area contributed by atoms with Crippen molar-refractivity contribution in [1.29, 1.82) is 0 Å². The van der Waals surface area contributed by atoms with E-state index in [0.717, 1.165) is 18.6 Å². The lowest BCUT2D eigenvalue weighted by Crippen LogP contribution is -2.40. The lowest BCUT2D eigenvalue weighted by Gasteiger charge is -2.17. The lowest BCUT2D eigenvalue weighted by atomic mass is 9.99. The van der Waals surface area contributed by atoms with E-state index < -0.39 is 29.3 Å². The molecular weight excluding hydrogens is 251 g/mol. The Hall–Kier alpha value is -1.95. The van der Waals surface area contributed by atoms with Crippen molar-refractivity contribution in [2.75, 3.05) is 5.32 Å². The number of benzene rings is 1. The quantitative estimate of drug-likeness (QED) is 0.759. The van der Waals surface area contributed by atoms with Crippen LogP contribution < -0.4 is 11.1 Å². The third-order valence-corrected chi connectivity index (χ3v) is 3.03. The summed E-state index contributed by atoms with van der Waals surface area (Å²) in [6, 6.07) is 2.70. The molecule has 1 amide bonds. The highest BCUT2D eigenvalue weighted by Crippen LogP contribution is 2.16. The maximum Gasteiger partial charge on any atom is 0.338 e. The molecule has 5 nitrogen and oxygen atoms in total. The molecule has 0 spiro atoms. The Labute approximate surface area is 110 Å². The molecule has 0 bridgehead atoms. The van der Waals surface area contributed by atoms with Crippen LogP contribution in [0, 0.1) is 11.7 Å². The zero-order valence-electron chi connectivity index (χ0n) is 10.8. The van der Waals surface area contributed by atoms with E-state index in [2.05, 4.69) is 5.32 Å². The van der Waals surface area contributed by atoms with E-state index in [0.29, 0.717) is 0 Å². The molecule has 0 saturated carbocycles. The van der Waals surface area contributed by atoms with E-state index in [9.17, 15) is 14.0 Å². The second-order valence-corrected chi connectivity index (χ2v) is 4.40. The summed E-state index contributed by atoms with van der Waals surface area (Å²) in [4.78, 5) is 22.4. The minimum absolute atomic E-state index is 0.00291. The van der Waals surface area contributed by atoms with Gasteiger partial charge in [-0.25, -0.2) is 9.18 Å². The van der Waals surface area contributed by atoms with Crippen LogP contribution in [0.25, 0.3) is 0 Å². The number of aromatic carboxylic acids is 1. The maximum atomic E-state index is 13.4. The first-order valence-electron chi connectivity index (χ1n) is 5.96. The van der Waals surface area contributed by atoms with Gasteiger partial charge in [-0.2, -0.15) is 0 Å². The summed E-state index contributed by atoms with van der Waals surface area (Å²) in [5.41, 5.74) is 5.48. The number of rotatable bonds is 5. The third-order valence-electron chi connectivity index (χ3n) is 3.03. The van der Waals surface area contributed by atoms with Gasteiger partial charge in [-0.1, -0.05) is 20.3 Å². The summed E-state index contributed by atoms with van der Waals surface area (Å²) in [6.45, 7) is 3.76. The first kappa shape index (κ1) is 15.1. The van der Waals surface area contributed by atoms with Crippen molar-refractivity contribution in [1.82, 2.24) is 0 Å². The molecule has 0 aliphatic carbocycles. The van der Waals surface area contributed by atoms with Gasteiger partial charge in [-0.05, 0) is 24.1 Å². The fraction of sp³-hybridized carbons (Fsp3) is 0.385. The van der Waals surface area contributed by atoms with Crippen LogP contribution in [0.15, 0.2) is 18.2 Å². The van der Waals surface area contributed by atoms with Gasteiger partial charge in [-0.3, -0.25) is 4.79 Å². The topological polar surface area (TPSA) is 92.4 Å². The Kier molecular flexibility index (Phi) is 5.00. The molecule has 1 aromatic rings. The molecule has 104 valence electrons. The summed E-state index contributed by atoms with van der Waals surface area (Å²) in [6.07, 6.45) is 0.751. The molecule has 0 aliphatic heterocycles. The Morgan fingerprint density at radius 2 is 2.11 bits per heavy atom. The van der Waals surface area contributed by atoms with Crippen LogP contribution in [-0.2, 0) is 4.79 Å². The largest absolute Gasteiger partial charge is 0.478 e. The Morgan fingerprint density at radius 1 is 1.47 bits per heavy atom. The van der Waals surface area contributed by atoms with Crippen molar-refractivity contribution in [3.05, 3.63) is 29.6 Å². The molecule has 1 unspecified atom stereocenters. The van der Waals surface area contributed by atoms with E-state index >= 15 is 0 Å². The van der Waals surface area contributed by atoms with Gasteiger partial charge in [0.2, 0.25) is 5.91 Å². The maximum absolute atomic E-state index is 13.4. The number of nitrogens with one attached hydrogen (secondary N) is 1. The van der Waals surface area contributed by atoms with Crippen molar-refractivity contribution in [3.8, 4) is 0 Å². The molecule has 0 aromatic heterocycles. The minimum atomic E-state index is -1.35. The van der Waals surface area contributed by atoms with Crippen LogP contribution >= 0.6 is 0 Å². The summed E-state index contributed by atoms with van der Waals surface area (Å²) in [7, 11) is 0. The lowest BCUT2D eigenvalue weighted by molar-refractivity contribution is -0.118. The summed E-state index contributed by atoms with van der Waals surface area (Å²) in [5, 5.41) is 11.2. The average molecular weight is 268 g/mol. The van der Waals surface area contributed by atoms with E-state index in [1.54, 1.807) is 0 Å². The van der Waals surface area contributed by atoms with Gasteiger partial charge in [0, 0.05) is 5.69 Å². The molecular formula is C13H17FN2O3. The number of carboxylic acid groups (broad SMARTS) is 1. The van der Waals surface area contributed by atoms with Gasteiger partial charge < -0.3 is 16.2 Å². The van der Waals surface area contributed by atoms with Crippen LogP contribution in [0.1, 0.15) is 30.6 Å². The Morgan fingerprint density at radius 3 is 2.58 bits per heavy atom. The fourth-order valence-corrected chi connectivity index (χ4v) is 1.50. The summed E-state index contributed by atoms with van der Waals surface area (Å²) < 4.78 is 13.4. The monoisotopic (exact) mass is 268 g/mol. The van der Waals surface area contributed by atoms with Crippen molar-refractivity contribution >= 4 is 17.6 Å². The third kappa shape index (κ3) is 3.75. The van der Waals surface area contributed by atoms with Crippen LogP contribution in [0.3, 0.4) is 0 Å². The van der Waals surface area contributed by atoms with Gasteiger partial charge in [-0.15, -0.1) is 0 Å². The molecule has 0 saturated heterocycles. The van der Waals surface area contributed by atoms with Crippen molar-refractivity contribution < 1.29 is 19.1 Å². The van der Waals surface area contributed by atoms with Gasteiger partial charge in [0.25, 0.3) is 0 Å². The SMILES string of the molecule is CCC(C)[C@H](N)C(=O)Nc1ccc(C(=O)O)c(F)c1. The zero-order chi connectivity index (χ0) is 14.6. The molecule has 4 N–H and O–H groups in total. The standard InChI is InChI=1S/C13H17FN2O3/c1-3-7(2)11(15)12(17)16-8-4-5-9(13(18)19)10(14)6-8/h4-7,11H,3,15H2,1-2H3,(H,16,17)(H,18,19)/t7?,11-/m0/s1. The molecule has 0 fully saturated rings. The molecule has 6 heteroatoms. The van der Waals surface area contributed by atoms with E-state index in [1.807, 2.05) is 13.8 Å². The normalized spacial score (nSPS) is 13.7. The first-order valence-corrected chi connectivity index (χ1v) is 5.96. The van der Waals surface area contributed by atoms with Crippen LogP contribution in [0.4, 0.5) is 10.1 Å². The molecule has 0 heterocycles. The van der Waals surface area contributed by atoms with E-state index in [1.165, 1.54) is 6.07 Å². The van der Waals surface area contributed by atoms with Gasteiger partial charge in [0.15, 0.2) is 0 Å². The van der Waals surface area contributed by atoms with Crippen molar-refractivity contribution in [2.45, 2.75) is 26.3 Å². The second kappa shape index (κ2) is 6.29. The first-order chi connectivity index (χ1) is 8.86. The number of carboxylic acids is 1. The van der Waals surface area contributed by atoms with Crippen LogP contribution in [-0.4, -0.2) is 23.0 Å². The number of nitrogens with two attached hydrogens (primary N) is 1. The number of carbonyl (C=O) groups is 2. The summed E-state index contributed by atoms with van der Waals surface area (Å²) in [5.74, 6) is -2.67. The number of hydrogen-bond acceptors (Lipinski definition) is 3. The number of halogens is 1. The fourth-order valence-electron chi connectivity index (χ4n) is 1.50. The minimum Gasteiger partial charge on any atom is -0.478 e. The van der Waals surface area contributed by atoms with Crippen molar-refractivity contribution in [2.24, 2.45) is 11.7 Å². The molecule has 1 aromatic carbocycles. The Bertz CT molecular complexity index is 491. The van der Waals surface area contributed by atoms with Gasteiger partial charge in [0.1, 0.15) is 5.82 Å². The molecule has 1 rings (SSSR count). The second-order valence-electron chi connectivity index (χ2n) is 4.40. The molecule has 19 heavy (non-hydrogen) atoms. The van der Waals surface area contributed by atoms with E-state index in [4.69, 9.17) is 10.8 Å². The van der Waals surface area contributed by atoms with Gasteiger partial charge in [0.05, 0.1) is 11.6 Å². The number of carbonyl (C=O) groups excluding carboxylic acids is 1. The van der Waals surface area contributed by atoms with E-state index in [-0.39, 0.29) is 11.6 Å². The number of amides is 1. The average Bonchev–Trinajstić information content (AvgIpc) is 2.36. The zero-order valence-corrected chi connectivity index (χ0v) is 10.8. The number of hydrogen-bond donors (Lipinski definition) is 3. The van der Waals surface area contributed by atoms with Crippen LogP contribution in [0.5, 0.6) is 0 Å². The van der Waals surface area contributed by atoms with Gasteiger partial charge >= 0.3 is 5.97 Å². The van der Waals surface area contributed by atoms with Crippen LogP contribution in [0.2, 0.25) is 0 Å². The smallest absolute Gasteiger partial charge is 0.338 e. The predicted molar refractivity (Wildman–Crippen MR) is 69.4 cm³/mol. The van der Waals surface area contributed by atoms with Crippen molar-refractivity contribution in [3.63, 3.8) is 0 Å². The highest BCUT2D eigenvalue weighted by Gasteiger charge is 2.20. The summed E-state index contributed by atoms with van der Waals surface area (Å²) >= 11 is 0. The highest BCUT2D eigenvalue weighted by atomic mass is 19.1. The number of anilines is 1. The molecule has 0 aliphatic rings.